The summed E-state index contributed by atoms with van der Waals surface area (Å²) in [6, 6.07) is 16.6. The molecule has 0 aliphatic carbocycles. The number of rotatable bonds is 6. The summed E-state index contributed by atoms with van der Waals surface area (Å²) in [5.41, 5.74) is 2.28. The normalized spacial score (nSPS) is 16.4. The summed E-state index contributed by atoms with van der Waals surface area (Å²) in [6.07, 6.45) is 3.24. The number of ether oxygens (including phenoxy) is 1. The highest BCUT2D eigenvalue weighted by Gasteiger charge is 2.22. The number of anilines is 2. The zero-order chi connectivity index (χ0) is 18.4. The highest BCUT2D eigenvalue weighted by Crippen LogP contribution is 2.25. The van der Waals surface area contributed by atoms with Gasteiger partial charge in [0.2, 0.25) is 0 Å². The van der Waals surface area contributed by atoms with Crippen LogP contribution in [0.3, 0.4) is 0 Å². The average Bonchev–Trinajstić information content (AvgIpc) is 3.15. The zero-order valence-electron chi connectivity index (χ0n) is 15.2. The lowest BCUT2D eigenvalue weighted by Crippen LogP contribution is -2.34. The Hall–Kier alpha value is -1.92. The molecule has 1 aliphatic heterocycles. The summed E-state index contributed by atoms with van der Waals surface area (Å²) in [7, 11) is 1.70. The number of thiocarbonyl (C=S) groups is 1. The molecular weight excluding hydrogens is 362 g/mol. The molecule has 1 atom stereocenters. The van der Waals surface area contributed by atoms with E-state index in [4.69, 9.17) is 17.0 Å². The fourth-order valence-electron chi connectivity index (χ4n) is 3.14. The summed E-state index contributed by atoms with van der Waals surface area (Å²) >= 11 is 7.17. The molecule has 0 saturated carbocycles. The number of methoxy groups -OCH3 is 1. The lowest BCUT2D eigenvalue weighted by atomic mass is 10.1. The van der Waals surface area contributed by atoms with Crippen molar-refractivity contribution in [3.8, 4) is 5.75 Å². The van der Waals surface area contributed by atoms with Crippen molar-refractivity contribution in [2.45, 2.75) is 11.3 Å². The van der Waals surface area contributed by atoms with E-state index in [0.29, 0.717) is 11.0 Å². The van der Waals surface area contributed by atoms with Crippen LogP contribution >= 0.6 is 24.0 Å². The van der Waals surface area contributed by atoms with Crippen LogP contribution in [0.25, 0.3) is 0 Å². The molecule has 0 spiro atoms. The van der Waals surface area contributed by atoms with Crippen molar-refractivity contribution >= 4 is 40.5 Å². The first kappa shape index (κ1) is 18.9. The van der Waals surface area contributed by atoms with E-state index in [0.717, 1.165) is 31.1 Å². The first-order chi connectivity index (χ1) is 12.7. The van der Waals surface area contributed by atoms with Crippen LogP contribution < -0.4 is 20.3 Å². The van der Waals surface area contributed by atoms with Gasteiger partial charge in [0.15, 0.2) is 5.11 Å². The van der Waals surface area contributed by atoms with Crippen LogP contribution in [-0.2, 0) is 0 Å². The fraction of sp³-hybridized carbons (Fsp3) is 0.350. The third-order valence-electron chi connectivity index (χ3n) is 4.60. The van der Waals surface area contributed by atoms with E-state index in [-0.39, 0.29) is 0 Å². The van der Waals surface area contributed by atoms with Crippen LogP contribution in [0.2, 0.25) is 0 Å². The monoisotopic (exact) mass is 387 g/mol. The molecule has 1 saturated heterocycles. The number of nitrogens with zero attached hydrogens (tertiary/aromatic N) is 1. The van der Waals surface area contributed by atoms with E-state index in [2.05, 4.69) is 46.1 Å². The van der Waals surface area contributed by atoms with E-state index in [9.17, 15) is 0 Å². The van der Waals surface area contributed by atoms with Gasteiger partial charge in [-0.25, -0.2) is 0 Å². The molecule has 3 rings (SSSR count). The van der Waals surface area contributed by atoms with Crippen molar-refractivity contribution in [2.24, 2.45) is 5.92 Å². The van der Waals surface area contributed by atoms with Gasteiger partial charge in [0.1, 0.15) is 5.75 Å². The van der Waals surface area contributed by atoms with Crippen molar-refractivity contribution in [3.05, 3.63) is 48.5 Å². The molecule has 26 heavy (non-hydrogen) atoms. The van der Waals surface area contributed by atoms with E-state index in [1.165, 1.54) is 17.0 Å². The largest absolute Gasteiger partial charge is 0.497 e. The van der Waals surface area contributed by atoms with Crippen LogP contribution in [0.5, 0.6) is 5.75 Å². The predicted molar refractivity (Wildman–Crippen MR) is 116 cm³/mol. The third-order valence-corrected chi connectivity index (χ3v) is 5.57. The van der Waals surface area contributed by atoms with Crippen LogP contribution in [0.4, 0.5) is 11.4 Å². The molecule has 2 aromatic carbocycles. The molecule has 0 unspecified atom stereocenters. The minimum Gasteiger partial charge on any atom is -0.497 e. The Morgan fingerprint density at radius 3 is 2.81 bits per heavy atom. The molecule has 0 aromatic heterocycles. The predicted octanol–water partition coefficient (Wildman–Crippen LogP) is 4.23. The number of benzene rings is 2. The first-order valence-corrected chi connectivity index (χ1v) is 10.4. The molecule has 0 bridgehead atoms. The van der Waals surface area contributed by atoms with E-state index in [1.807, 2.05) is 24.3 Å². The van der Waals surface area contributed by atoms with Crippen LogP contribution in [0.15, 0.2) is 53.4 Å². The van der Waals surface area contributed by atoms with Crippen molar-refractivity contribution in [2.75, 3.05) is 43.2 Å². The molecule has 1 aliphatic rings. The van der Waals surface area contributed by atoms with E-state index < -0.39 is 0 Å². The van der Waals surface area contributed by atoms with E-state index in [1.54, 1.807) is 18.9 Å². The number of thioether (sulfide) groups is 1. The van der Waals surface area contributed by atoms with Crippen LogP contribution in [-0.4, -0.2) is 38.1 Å². The van der Waals surface area contributed by atoms with Gasteiger partial charge in [0.05, 0.1) is 7.11 Å². The topological polar surface area (TPSA) is 36.5 Å². The number of hydrogen-bond donors (Lipinski definition) is 2. The average molecular weight is 388 g/mol. The van der Waals surface area contributed by atoms with Crippen molar-refractivity contribution in [1.29, 1.82) is 0 Å². The van der Waals surface area contributed by atoms with Gasteiger partial charge >= 0.3 is 0 Å². The molecular formula is C20H25N3OS2. The highest BCUT2D eigenvalue weighted by molar-refractivity contribution is 7.98. The Labute approximate surface area is 165 Å². The molecule has 138 valence electrons. The van der Waals surface area contributed by atoms with Gasteiger partial charge in [0.25, 0.3) is 0 Å². The van der Waals surface area contributed by atoms with Gasteiger partial charge in [-0.15, -0.1) is 11.8 Å². The summed E-state index contributed by atoms with van der Waals surface area (Å²) in [6.45, 7) is 3.01. The van der Waals surface area contributed by atoms with Crippen LogP contribution in [0.1, 0.15) is 6.42 Å². The molecule has 0 radical (unpaired) electrons. The standard InChI is InChI=1S/C20H25N3OS2/c1-24-18-8-6-17(7-9-18)23-11-10-15(14-23)13-21-20(25)22-16-4-3-5-19(12-16)26-2/h3-9,12,15H,10-11,13-14H2,1-2H3,(H2,21,22,25)/t15-/m1/s1. The lowest BCUT2D eigenvalue weighted by molar-refractivity contribution is 0.415. The zero-order valence-corrected chi connectivity index (χ0v) is 16.8. The lowest BCUT2D eigenvalue weighted by Gasteiger charge is -2.19. The highest BCUT2D eigenvalue weighted by atomic mass is 32.2. The van der Waals surface area contributed by atoms with Gasteiger partial charge < -0.3 is 20.3 Å². The van der Waals surface area contributed by atoms with Crippen molar-refractivity contribution < 1.29 is 4.74 Å². The Balaban J connectivity index is 1.45. The van der Waals surface area contributed by atoms with Gasteiger partial charge in [0, 0.05) is 35.9 Å². The van der Waals surface area contributed by atoms with Gasteiger partial charge in [-0.3, -0.25) is 0 Å². The second kappa shape index (κ2) is 9.14. The SMILES string of the molecule is COc1ccc(N2CC[C@H](CNC(=S)Nc3cccc(SC)c3)C2)cc1. The van der Waals surface area contributed by atoms with Gasteiger partial charge in [-0.2, -0.15) is 0 Å². The minimum absolute atomic E-state index is 0.592. The summed E-state index contributed by atoms with van der Waals surface area (Å²) < 4.78 is 5.23. The summed E-state index contributed by atoms with van der Waals surface area (Å²) in [5, 5.41) is 7.33. The quantitative estimate of drug-likeness (QED) is 0.571. The maximum atomic E-state index is 5.44. The molecule has 4 nitrogen and oxygen atoms in total. The minimum atomic E-state index is 0.592. The Kier molecular flexibility index (Phi) is 6.63. The molecule has 2 aromatic rings. The Morgan fingerprint density at radius 1 is 1.27 bits per heavy atom. The summed E-state index contributed by atoms with van der Waals surface area (Å²) in [4.78, 5) is 3.65. The summed E-state index contributed by atoms with van der Waals surface area (Å²) in [5.74, 6) is 1.49. The van der Waals surface area contributed by atoms with E-state index >= 15 is 0 Å². The van der Waals surface area contributed by atoms with Crippen LogP contribution in [0, 0.1) is 5.92 Å². The molecule has 2 N–H and O–H groups in total. The first-order valence-electron chi connectivity index (χ1n) is 8.76. The Bertz CT molecular complexity index is 736. The molecule has 1 fully saturated rings. The van der Waals surface area contributed by atoms with Gasteiger partial charge in [-0.1, -0.05) is 6.07 Å². The maximum absolute atomic E-state index is 5.44. The van der Waals surface area contributed by atoms with Crippen molar-refractivity contribution in [3.63, 3.8) is 0 Å². The second-order valence-corrected chi connectivity index (χ2v) is 7.65. The number of hydrogen-bond acceptors (Lipinski definition) is 4. The Morgan fingerprint density at radius 2 is 2.08 bits per heavy atom. The smallest absolute Gasteiger partial charge is 0.170 e. The maximum Gasteiger partial charge on any atom is 0.170 e. The second-order valence-electron chi connectivity index (χ2n) is 6.37. The number of nitrogens with one attached hydrogen (secondary N) is 2. The molecule has 6 heteroatoms. The van der Waals surface area contributed by atoms with Gasteiger partial charge in [-0.05, 0) is 73.3 Å². The molecule has 1 heterocycles. The molecule has 0 amide bonds. The third kappa shape index (κ3) is 5.05. The fourth-order valence-corrected chi connectivity index (χ4v) is 3.80. The van der Waals surface area contributed by atoms with Crippen molar-refractivity contribution in [1.82, 2.24) is 5.32 Å².